The first kappa shape index (κ1) is 26.1. The third kappa shape index (κ3) is 7.50. The Hall–Kier alpha value is -3.99. The molecule has 0 unspecified atom stereocenters. The number of benzene rings is 3. The first-order chi connectivity index (χ1) is 17.8. The highest BCUT2D eigenvalue weighted by Gasteiger charge is 2.27. The Bertz CT molecular complexity index is 1440. The van der Waals surface area contributed by atoms with Crippen LogP contribution in [0, 0.1) is 0 Å². The number of nitrogens with one attached hydrogen (secondary N) is 2. The Balaban J connectivity index is 1.54. The molecule has 0 saturated carbocycles. The second-order valence-corrected chi connectivity index (χ2v) is 10.3. The van der Waals surface area contributed by atoms with Crippen molar-refractivity contribution in [3.8, 4) is 5.75 Å². The maximum absolute atomic E-state index is 13.3. The van der Waals surface area contributed by atoms with Crippen LogP contribution in [0.1, 0.15) is 28.4 Å². The summed E-state index contributed by atoms with van der Waals surface area (Å²) >= 11 is 0. The fourth-order valence-corrected chi connectivity index (χ4v) is 4.95. The van der Waals surface area contributed by atoms with Gasteiger partial charge < -0.3 is 15.8 Å². The lowest BCUT2D eigenvalue weighted by Gasteiger charge is -2.19. The standard InChI is InChI=1S/C27H29N5O4S/c1-32-15-14-24(30-32)19-37(34,35)31-26(27(33)29-23-9-5-8-21(16-23)17-28)22-10-12-25(13-11-22)36-18-20-6-3-2-4-7-20/h2-16,26,31H,17-19,28H2,1H3,(H,29,33)/t26-/m1/s1. The summed E-state index contributed by atoms with van der Waals surface area (Å²) in [4.78, 5) is 13.3. The summed E-state index contributed by atoms with van der Waals surface area (Å²) in [5, 5.41) is 6.93. The molecule has 1 heterocycles. The average molecular weight is 520 g/mol. The topological polar surface area (TPSA) is 128 Å². The number of aromatic nitrogens is 2. The van der Waals surface area contributed by atoms with Gasteiger partial charge in [0.1, 0.15) is 24.2 Å². The fourth-order valence-electron chi connectivity index (χ4n) is 3.72. The highest BCUT2D eigenvalue weighted by atomic mass is 32.2. The van der Waals surface area contributed by atoms with Crippen LogP contribution in [-0.4, -0.2) is 24.1 Å². The molecule has 0 aliphatic carbocycles. The van der Waals surface area contributed by atoms with E-state index >= 15 is 0 Å². The van der Waals surface area contributed by atoms with E-state index in [1.165, 1.54) is 4.68 Å². The lowest BCUT2D eigenvalue weighted by atomic mass is 10.1. The number of nitrogens with two attached hydrogens (primary N) is 1. The lowest BCUT2D eigenvalue weighted by molar-refractivity contribution is -0.117. The molecule has 4 N–H and O–H groups in total. The number of hydrogen-bond acceptors (Lipinski definition) is 6. The predicted octanol–water partition coefficient (Wildman–Crippen LogP) is 3.26. The van der Waals surface area contributed by atoms with Gasteiger partial charge in [-0.3, -0.25) is 9.48 Å². The maximum atomic E-state index is 13.3. The van der Waals surface area contributed by atoms with Gasteiger partial charge in [0.15, 0.2) is 0 Å². The summed E-state index contributed by atoms with van der Waals surface area (Å²) in [5.74, 6) is -0.297. The minimum absolute atomic E-state index is 0.314. The number of aryl methyl sites for hydroxylation is 1. The minimum atomic E-state index is -3.91. The number of amides is 1. The van der Waals surface area contributed by atoms with E-state index in [-0.39, 0.29) is 5.75 Å². The van der Waals surface area contributed by atoms with E-state index in [1.807, 2.05) is 36.4 Å². The number of ether oxygens (including phenoxy) is 1. The van der Waals surface area contributed by atoms with E-state index in [1.54, 1.807) is 61.8 Å². The molecule has 0 fully saturated rings. The lowest BCUT2D eigenvalue weighted by Crippen LogP contribution is -2.37. The molecule has 192 valence electrons. The summed E-state index contributed by atoms with van der Waals surface area (Å²) in [5.41, 5.74) is 8.92. The van der Waals surface area contributed by atoms with Crippen LogP contribution in [0.4, 0.5) is 5.69 Å². The van der Waals surface area contributed by atoms with Crippen molar-refractivity contribution in [2.45, 2.75) is 24.9 Å². The van der Waals surface area contributed by atoms with Crippen LogP contribution in [0.3, 0.4) is 0 Å². The molecular weight excluding hydrogens is 490 g/mol. The molecule has 0 aliphatic heterocycles. The largest absolute Gasteiger partial charge is 0.489 e. The molecule has 4 aromatic rings. The number of carbonyl (C=O) groups is 1. The molecule has 1 atom stereocenters. The minimum Gasteiger partial charge on any atom is -0.489 e. The Morgan fingerprint density at radius 3 is 2.41 bits per heavy atom. The van der Waals surface area contributed by atoms with Gasteiger partial charge in [-0.2, -0.15) is 9.82 Å². The number of sulfonamides is 1. The van der Waals surface area contributed by atoms with E-state index in [0.29, 0.717) is 35.8 Å². The predicted molar refractivity (Wildman–Crippen MR) is 142 cm³/mol. The molecule has 1 amide bonds. The molecule has 1 aromatic heterocycles. The zero-order valence-electron chi connectivity index (χ0n) is 20.4. The van der Waals surface area contributed by atoms with Crippen molar-refractivity contribution in [3.63, 3.8) is 0 Å². The van der Waals surface area contributed by atoms with Crippen molar-refractivity contribution in [1.29, 1.82) is 0 Å². The Kier molecular flexibility index (Phi) is 8.34. The normalized spacial score (nSPS) is 12.2. The highest BCUT2D eigenvalue weighted by Crippen LogP contribution is 2.22. The summed E-state index contributed by atoms with van der Waals surface area (Å²) in [6, 6.07) is 24.0. The Morgan fingerprint density at radius 1 is 1.00 bits per heavy atom. The molecule has 37 heavy (non-hydrogen) atoms. The molecule has 0 aliphatic rings. The van der Waals surface area contributed by atoms with Gasteiger partial charge in [0.05, 0.1) is 5.69 Å². The molecule has 4 rings (SSSR count). The third-order valence-corrected chi connectivity index (χ3v) is 6.83. The highest BCUT2D eigenvalue weighted by molar-refractivity contribution is 7.88. The molecule has 3 aromatic carbocycles. The maximum Gasteiger partial charge on any atom is 0.247 e. The van der Waals surface area contributed by atoms with Crippen LogP contribution in [0.2, 0.25) is 0 Å². The first-order valence-corrected chi connectivity index (χ1v) is 13.3. The quantitative estimate of drug-likeness (QED) is 0.279. The Morgan fingerprint density at radius 2 is 1.73 bits per heavy atom. The molecule has 0 bridgehead atoms. The zero-order chi connectivity index (χ0) is 26.3. The summed E-state index contributed by atoms with van der Waals surface area (Å²) in [7, 11) is -2.21. The SMILES string of the molecule is Cn1ccc(CS(=O)(=O)N[C@@H](C(=O)Nc2cccc(CN)c2)c2ccc(OCc3ccccc3)cc2)n1. The molecule has 0 saturated heterocycles. The number of nitrogens with zero attached hydrogens (tertiary/aromatic N) is 2. The van der Waals surface area contributed by atoms with Crippen molar-refractivity contribution < 1.29 is 17.9 Å². The molecule has 0 radical (unpaired) electrons. The monoisotopic (exact) mass is 519 g/mol. The van der Waals surface area contributed by atoms with Gasteiger partial charge in [0.2, 0.25) is 15.9 Å². The van der Waals surface area contributed by atoms with Crippen molar-refractivity contribution >= 4 is 21.6 Å². The van der Waals surface area contributed by atoms with E-state index in [0.717, 1.165) is 11.1 Å². The second kappa shape index (κ2) is 11.8. The first-order valence-electron chi connectivity index (χ1n) is 11.7. The molecule has 9 nitrogen and oxygen atoms in total. The number of carbonyl (C=O) groups excluding carboxylic acids is 1. The number of rotatable bonds is 11. The van der Waals surface area contributed by atoms with Gasteiger partial charge in [0, 0.05) is 25.5 Å². The van der Waals surface area contributed by atoms with Gasteiger partial charge in [-0.15, -0.1) is 0 Å². The van der Waals surface area contributed by atoms with Crippen molar-refractivity contribution in [3.05, 3.63) is 114 Å². The van der Waals surface area contributed by atoms with Crippen LogP contribution in [-0.2, 0) is 40.8 Å². The third-order valence-electron chi connectivity index (χ3n) is 5.56. The van der Waals surface area contributed by atoms with Crippen molar-refractivity contribution in [2.24, 2.45) is 12.8 Å². The van der Waals surface area contributed by atoms with Crippen LogP contribution < -0.4 is 20.5 Å². The van der Waals surface area contributed by atoms with Crippen LogP contribution in [0.5, 0.6) is 5.75 Å². The fraction of sp³-hybridized carbons (Fsp3) is 0.185. The van der Waals surface area contributed by atoms with Gasteiger partial charge in [0.25, 0.3) is 0 Å². The van der Waals surface area contributed by atoms with E-state index in [4.69, 9.17) is 10.5 Å². The summed E-state index contributed by atoms with van der Waals surface area (Å²) < 4.78 is 35.9. The second-order valence-electron chi connectivity index (χ2n) is 8.53. The van der Waals surface area contributed by atoms with Gasteiger partial charge in [-0.1, -0.05) is 54.6 Å². The average Bonchev–Trinajstić information content (AvgIpc) is 3.30. The summed E-state index contributed by atoms with van der Waals surface area (Å²) in [6.07, 6.45) is 1.66. The molecular formula is C27H29N5O4S. The zero-order valence-corrected chi connectivity index (χ0v) is 21.2. The van der Waals surface area contributed by atoms with Crippen LogP contribution in [0.15, 0.2) is 91.1 Å². The molecule has 0 spiro atoms. The van der Waals surface area contributed by atoms with Crippen molar-refractivity contribution in [2.75, 3.05) is 5.32 Å². The summed E-state index contributed by atoms with van der Waals surface area (Å²) in [6.45, 7) is 0.701. The Labute approximate surface area is 216 Å². The van der Waals surface area contributed by atoms with Gasteiger partial charge in [-0.25, -0.2) is 8.42 Å². The molecule has 10 heteroatoms. The van der Waals surface area contributed by atoms with Crippen LogP contribution >= 0.6 is 0 Å². The van der Waals surface area contributed by atoms with Gasteiger partial charge >= 0.3 is 0 Å². The van der Waals surface area contributed by atoms with Crippen molar-refractivity contribution in [1.82, 2.24) is 14.5 Å². The van der Waals surface area contributed by atoms with Crippen LogP contribution in [0.25, 0.3) is 0 Å². The van der Waals surface area contributed by atoms with E-state index in [9.17, 15) is 13.2 Å². The number of anilines is 1. The van der Waals surface area contributed by atoms with E-state index < -0.39 is 22.0 Å². The number of hydrogen-bond donors (Lipinski definition) is 3. The van der Waals surface area contributed by atoms with Gasteiger partial charge in [-0.05, 0) is 47.0 Å². The van der Waals surface area contributed by atoms with E-state index in [2.05, 4.69) is 15.1 Å². The smallest absolute Gasteiger partial charge is 0.247 e.